The lowest BCUT2D eigenvalue weighted by Gasteiger charge is -2.34. The van der Waals surface area contributed by atoms with Crippen LogP contribution >= 0.6 is 23.2 Å². The largest absolute Gasteiger partial charge is 0.497 e. The quantitative estimate of drug-likeness (QED) is 0.396. The van der Waals surface area contributed by atoms with Gasteiger partial charge in [0.25, 0.3) is 17.7 Å². The van der Waals surface area contributed by atoms with Crippen LogP contribution in [0.5, 0.6) is 5.75 Å². The van der Waals surface area contributed by atoms with Gasteiger partial charge in [0.1, 0.15) is 11.8 Å². The molecule has 0 spiro atoms. The first-order chi connectivity index (χ1) is 16.6. The standard InChI is InChI=1S/C26H26Cl2N2O5/c1-14-4-10-19-20(12-14)26(34)30(25(19)33)29(24(32)17-7-11-21(27)22(28)13-17)15(2)23(31)16-5-8-18(35-3)9-6-16/h5-9,11,13-15,19-20H,4,10,12H2,1-3H3/t14-,15+,19-,20+/m1/s1. The van der Waals surface area contributed by atoms with Gasteiger partial charge in [0.05, 0.1) is 29.0 Å². The van der Waals surface area contributed by atoms with Crippen LogP contribution < -0.4 is 4.74 Å². The molecule has 3 amide bonds. The molecule has 0 N–H and O–H groups in total. The third kappa shape index (κ3) is 4.67. The predicted molar refractivity (Wildman–Crippen MR) is 131 cm³/mol. The Bertz CT molecular complexity index is 1180. The van der Waals surface area contributed by atoms with E-state index < -0.39 is 41.4 Å². The molecule has 1 saturated carbocycles. The second-order valence-electron chi connectivity index (χ2n) is 9.17. The Morgan fingerprint density at radius 1 is 0.971 bits per heavy atom. The van der Waals surface area contributed by atoms with Crippen LogP contribution in [0.2, 0.25) is 10.0 Å². The van der Waals surface area contributed by atoms with Gasteiger partial charge >= 0.3 is 0 Å². The third-order valence-electron chi connectivity index (χ3n) is 6.88. The molecular weight excluding hydrogens is 491 g/mol. The second kappa shape index (κ2) is 9.99. The van der Waals surface area contributed by atoms with Crippen molar-refractivity contribution < 1.29 is 23.9 Å². The van der Waals surface area contributed by atoms with Crippen molar-refractivity contribution >= 4 is 46.7 Å². The van der Waals surface area contributed by atoms with Crippen molar-refractivity contribution in [3.05, 3.63) is 63.6 Å². The topological polar surface area (TPSA) is 84.0 Å². The van der Waals surface area contributed by atoms with Gasteiger partial charge in [-0.05, 0) is 74.6 Å². The van der Waals surface area contributed by atoms with Crippen LogP contribution in [0.1, 0.15) is 53.8 Å². The number of Topliss-reactive ketones (excluding diaryl/α,β-unsaturated/α-hetero) is 1. The molecule has 35 heavy (non-hydrogen) atoms. The van der Waals surface area contributed by atoms with E-state index in [-0.39, 0.29) is 15.6 Å². The molecule has 4 rings (SSSR count). The van der Waals surface area contributed by atoms with Crippen molar-refractivity contribution in [2.24, 2.45) is 17.8 Å². The van der Waals surface area contributed by atoms with Crippen LogP contribution in [0.3, 0.4) is 0 Å². The maximum Gasteiger partial charge on any atom is 0.273 e. The Morgan fingerprint density at radius 3 is 2.23 bits per heavy atom. The molecule has 0 unspecified atom stereocenters. The van der Waals surface area contributed by atoms with Gasteiger partial charge in [-0.3, -0.25) is 19.2 Å². The molecular formula is C26H26Cl2N2O5. The molecule has 2 aliphatic rings. The lowest BCUT2D eigenvalue weighted by Crippen LogP contribution is -2.56. The number of carbonyl (C=O) groups excluding carboxylic acids is 4. The van der Waals surface area contributed by atoms with Crippen molar-refractivity contribution in [3.63, 3.8) is 0 Å². The highest BCUT2D eigenvalue weighted by Gasteiger charge is 2.54. The van der Waals surface area contributed by atoms with E-state index in [9.17, 15) is 19.2 Å². The summed E-state index contributed by atoms with van der Waals surface area (Å²) in [6, 6.07) is 9.55. The summed E-state index contributed by atoms with van der Waals surface area (Å²) in [5.74, 6) is -2.14. The molecule has 7 nitrogen and oxygen atoms in total. The minimum Gasteiger partial charge on any atom is -0.497 e. The average molecular weight is 517 g/mol. The summed E-state index contributed by atoms with van der Waals surface area (Å²) in [4.78, 5) is 54.1. The van der Waals surface area contributed by atoms with Crippen LogP contribution in [0.15, 0.2) is 42.5 Å². The normalized spacial score (nSPS) is 22.5. The zero-order chi connectivity index (χ0) is 25.4. The molecule has 2 aromatic rings. The lowest BCUT2D eigenvalue weighted by molar-refractivity contribution is -0.156. The first-order valence-electron chi connectivity index (χ1n) is 11.5. The van der Waals surface area contributed by atoms with Gasteiger partial charge in [0, 0.05) is 11.1 Å². The van der Waals surface area contributed by atoms with Crippen molar-refractivity contribution in [2.75, 3.05) is 7.11 Å². The molecule has 1 heterocycles. The second-order valence-corrected chi connectivity index (χ2v) is 9.98. The zero-order valence-corrected chi connectivity index (χ0v) is 21.2. The summed E-state index contributed by atoms with van der Waals surface area (Å²) in [5, 5.41) is 2.28. The number of ether oxygens (including phenoxy) is 1. The van der Waals surface area contributed by atoms with Crippen LogP contribution in [-0.2, 0) is 9.59 Å². The zero-order valence-electron chi connectivity index (χ0n) is 19.7. The minimum atomic E-state index is -1.14. The summed E-state index contributed by atoms with van der Waals surface area (Å²) in [6.45, 7) is 3.55. The van der Waals surface area contributed by atoms with E-state index in [0.717, 1.165) is 16.4 Å². The fourth-order valence-electron chi connectivity index (χ4n) is 4.89. The summed E-state index contributed by atoms with van der Waals surface area (Å²) in [6.07, 6.45) is 1.97. The summed E-state index contributed by atoms with van der Waals surface area (Å²) < 4.78 is 5.15. The Hall–Kier alpha value is -2.90. The third-order valence-corrected chi connectivity index (χ3v) is 7.61. The monoisotopic (exact) mass is 516 g/mol. The smallest absolute Gasteiger partial charge is 0.273 e. The average Bonchev–Trinajstić information content (AvgIpc) is 3.09. The number of carbonyl (C=O) groups is 4. The highest BCUT2D eigenvalue weighted by atomic mass is 35.5. The van der Waals surface area contributed by atoms with E-state index in [0.29, 0.717) is 30.1 Å². The molecule has 2 fully saturated rings. The predicted octanol–water partition coefficient (Wildman–Crippen LogP) is 5.05. The van der Waals surface area contributed by atoms with E-state index in [1.807, 2.05) is 6.92 Å². The molecule has 184 valence electrons. The van der Waals surface area contributed by atoms with Crippen molar-refractivity contribution in [1.82, 2.24) is 10.0 Å². The molecule has 0 radical (unpaired) electrons. The van der Waals surface area contributed by atoms with E-state index in [2.05, 4.69) is 0 Å². The number of fused-ring (bicyclic) bond motifs is 1. The van der Waals surface area contributed by atoms with Gasteiger partial charge in [0.15, 0.2) is 5.78 Å². The SMILES string of the molecule is COc1ccc(C(=O)[C@H](C)N(C(=O)c2ccc(Cl)c(Cl)c2)N2C(=O)[C@H]3C[C@H](C)CC[C@H]3C2=O)cc1. The fraction of sp³-hybridized carbons (Fsp3) is 0.385. The first-order valence-corrected chi connectivity index (χ1v) is 12.2. The van der Waals surface area contributed by atoms with E-state index >= 15 is 0 Å². The van der Waals surface area contributed by atoms with E-state index in [1.54, 1.807) is 24.3 Å². The van der Waals surface area contributed by atoms with Crippen molar-refractivity contribution in [1.29, 1.82) is 0 Å². The first kappa shape index (κ1) is 25.2. The minimum absolute atomic E-state index is 0.109. The molecule has 9 heteroatoms. The van der Waals surface area contributed by atoms with E-state index in [4.69, 9.17) is 27.9 Å². The highest BCUT2D eigenvalue weighted by Crippen LogP contribution is 2.42. The number of halogens is 2. The van der Waals surface area contributed by atoms with E-state index in [1.165, 1.54) is 32.2 Å². The summed E-state index contributed by atoms with van der Waals surface area (Å²) >= 11 is 12.1. The molecule has 4 atom stereocenters. The maximum absolute atomic E-state index is 13.7. The Kier molecular flexibility index (Phi) is 7.20. The van der Waals surface area contributed by atoms with Crippen LogP contribution in [0, 0.1) is 17.8 Å². The van der Waals surface area contributed by atoms with Crippen LogP contribution in [0.4, 0.5) is 0 Å². The number of benzene rings is 2. The Morgan fingerprint density at radius 2 is 1.60 bits per heavy atom. The fourth-order valence-corrected chi connectivity index (χ4v) is 5.19. The number of ketones is 1. The number of methoxy groups -OCH3 is 1. The number of nitrogens with zero attached hydrogens (tertiary/aromatic N) is 2. The van der Waals surface area contributed by atoms with Gasteiger partial charge in [-0.1, -0.05) is 30.1 Å². The van der Waals surface area contributed by atoms with Gasteiger partial charge in [0.2, 0.25) is 0 Å². The summed E-state index contributed by atoms with van der Waals surface area (Å²) in [5.41, 5.74) is 0.424. The number of imide groups is 1. The van der Waals surface area contributed by atoms with Crippen LogP contribution in [0.25, 0.3) is 0 Å². The molecule has 1 aliphatic heterocycles. The number of hydrazine groups is 1. The number of amides is 3. The Labute approximate surface area is 213 Å². The van der Waals surface area contributed by atoms with Gasteiger partial charge < -0.3 is 4.74 Å². The number of hydrogen-bond acceptors (Lipinski definition) is 5. The lowest BCUT2D eigenvalue weighted by atomic mass is 9.76. The van der Waals surface area contributed by atoms with Gasteiger partial charge in [-0.2, -0.15) is 5.01 Å². The molecule has 1 saturated heterocycles. The van der Waals surface area contributed by atoms with Gasteiger partial charge in [-0.15, -0.1) is 0 Å². The van der Waals surface area contributed by atoms with Crippen molar-refractivity contribution in [2.45, 2.75) is 39.2 Å². The highest BCUT2D eigenvalue weighted by molar-refractivity contribution is 6.42. The maximum atomic E-state index is 13.7. The number of hydrogen-bond donors (Lipinski definition) is 0. The molecule has 0 aromatic heterocycles. The molecule has 2 aromatic carbocycles. The Balaban J connectivity index is 1.75. The van der Waals surface area contributed by atoms with Gasteiger partial charge in [-0.25, -0.2) is 5.01 Å². The van der Waals surface area contributed by atoms with Crippen molar-refractivity contribution in [3.8, 4) is 5.75 Å². The molecule has 1 aliphatic carbocycles. The van der Waals surface area contributed by atoms with Crippen LogP contribution in [-0.4, -0.2) is 46.7 Å². The number of rotatable bonds is 6. The molecule has 0 bridgehead atoms. The summed E-state index contributed by atoms with van der Waals surface area (Å²) in [7, 11) is 1.52.